The Bertz CT molecular complexity index is 113. The summed E-state index contributed by atoms with van der Waals surface area (Å²) < 4.78 is 4.80. The van der Waals surface area contributed by atoms with E-state index in [9.17, 15) is 4.79 Å². The van der Waals surface area contributed by atoms with Crippen LogP contribution in [-0.4, -0.2) is 19.2 Å². The third-order valence-electron chi connectivity index (χ3n) is 1.00. The van der Waals surface area contributed by atoms with Crippen molar-refractivity contribution in [1.82, 2.24) is 5.32 Å². The van der Waals surface area contributed by atoms with Crippen LogP contribution >= 0.6 is 0 Å². The van der Waals surface area contributed by atoms with E-state index in [1.165, 1.54) is 0 Å². The Morgan fingerprint density at radius 2 is 2.18 bits per heavy atom. The Kier molecular flexibility index (Phi) is 5.61. The summed E-state index contributed by atoms with van der Waals surface area (Å²) in [5.74, 6) is 0.385. The second-order valence-corrected chi connectivity index (χ2v) is 2.85. The summed E-state index contributed by atoms with van der Waals surface area (Å²) >= 11 is 0. The van der Waals surface area contributed by atoms with Crippen molar-refractivity contribution >= 4 is 6.09 Å². The van der Waals surface area contributed by atoms with Gasteiger partial charge in [0.05, 0.1) is 6.61 Å². The van der Waals surface area contributed by atoms with Crippen LogP contribution in [0.3, 0.4) is 0 Å². The molecule has 0 aliphatic rings. The predicted octanol–water partition coefficient (Wildman–Crippen LogP) is 1.79. The molecule has 1 radical (unpaired) electrons. The number of rotatable bonds is 4. The average Bonchev–Trinajstić information content (AvgIpc) is 1.97. The number of carbonyl (C=O) groups excluding carboxylic acids is 1. The van der Waals surface area contributed by atoms with Crippen molar-refractivity contribution in [3.05, 3.63) is 0 Å². The van der Waals surface area contributed by atoms with Gasteiger partial charge in [-0.25, -0.2) is 10.1 Å². The molecule has 0 aliphatic carbocycles. The second-order valence-electron chi connectivity index (χ2n) is 2.85. The Hall–Kier alpha value is -0.730. The van der Waals surface area contributed by atoms with Crippen LogP contribution in [0.2, 0.25) is 0 Å². The molecule has 0 fully saturated rings. The number of nitrogens with zero attached hydrogens (tertiary/aromatic N) is 1. The van der Waals surface area contributed by atoms with Gasteiger partial charge >= 0.3 is 6.09 Å². The molecule has 0 rings (SSSR count). The molecular formula is C8H16NO2. The van der Waals surface area contributed by atoms with Gasteiger partial charge in [0, 0.05) is 6.54 Å². The third-order valence-corrected chi connectivity index (χ3v) is 1.00. The van der Waals surface area contributed by atoms with Gasteiger partial charge in [-0.15, -0.1) is 0 Å². The van der Waals surface area contributed by atoms with Crippen LogP contribution in [0.4, 0.5) is 4.79 Å². The number of amides is 1. The molecule has 65 valence electrons. The molecule has 0 aromatic rings. The highest BCUT2D eigenvalue weighted by atomic mass is 16.5. The topological polar surface area (TPSA) is 40.4 Å². The summed E-state index contributed by atoms with van der Waals surface area (Å²) in [5.41, 5.74) is 0. The first-order valence-corrected chi connectivity index (χ1v) is 4.01. The van der Waals surface area contributed by atoms with Gasteiger partial charge in [-0.05, 0) is 12.3 Å². The molecule has 0 heterocycles. The highest BCUT2D eigenvalue weighted by Gasteiger charge is 2.02. The largest absolute Gasteiger partial charge is 0.448 e. The van der Waals surface area contributed by atoms with Crippen LogP contribution in [0.25, 0.3) is 0 Å². The molecule has 1 amide bonds. The van der Waals surface area contributed by atoms with Crippen molar-refractivity contribution in [3.8, 4) is 0 Å². The molecule has 0 aromatic heterocycles. The maximum Gasteiger partial charge on any atom is 0.428 e. The van der Waals surface area contributed by atoms with Crippen LogP contribution < -0.4 is 5.32 Å². The highest BCUT2D eigenvalue weighted by molar-refractivity contribution is 5.66. The molecule has 0 aromatic carbocycles. The first-order valence-electron chi connectivity index (χ1n) is 4.01. The van der Waals surface area contributed by atoms with Gasteiger partial charge in [0.1, 0.15) is 0 Å². The average molecular weight is 158 g/mol. The molecule has 0 saturated heterocycles. The van der Waals surface area contributed by atoms with E-state index in [4.69, 9.17) is 4.74 Å². The van der Waals surface area contributed by atoms with E-state index in [1.807, 2.05) is 20.8 Å². The predicted molar refractivity (Wildman–Crippen MR) is 43.5 cm³/mol. The second kappa shape index (κ2) is 6.01. The number of hydrogen-bond acceptors (Lipinski definition) is 2. The summed E-state index contributed by atoms with van der Waals surface area (Å²) in [5, 5.41) is 3.65. The zero-order valence-corrected chi connectivity index (χ0v) is 7.46. The first-order chi connectivity index (χ1) is 5.16. The third kappa shape index (κ3) is 7.16. The summed E-state index contributed by atoms with van der Waals surface area (Å²) in [4.78, 5) is 10.7. The zero-order valence-electron chi connectivity index (χ0n) is 7.46. The lowest BCUT2D eigenvalue weighted by molar-refractivity contribution is 0.132. The molecule has 3 nitrogen and oxygen atoms in total. The fourth-order valence-electron chi connectivity index (χ4n) is 0.487. The Morgan fingerprint density at radius 1 is 1.55 bits per heavy atom. The Morgan fingerprint density at radius 3 is 2.64 bits per heavy atom. The maximum atomic E-state index is 10.7. The molecule has 0 spiro atoms. The zero-order chi connectivity index (χ0) is 8.69. The van der Waals surface area contributed by atoms with Crippen LogP contribution in [0, 0.1) is 5.92 Å². The van der Waals surface area contributed by atoms with Crippen LogP contribution in [-0.2, 0) is 4.74 Å². The van der Waals surface area contributed by atoms with E-state index in [0.29, 0.717) is 19.1 Å². The van der Waals surface area contributed by atoms with Gasteiger partial charge in [-0.3, -0.25) is 0 Å². The highest BCUT2D eigenvalue weighted by Crippen LogP contribution is 1.92. The smallest absolute Gasteiger partial charge is 0.428 e. The summed E-state index contributed by atoms with van der Waals surface area (Å²) in [7, 11) is 0. The quantitative estimate of drug-likeness (QED) is 0.625. The van der Waals surface area contributed by atoms with E-state index in [1.54, 1.807) is 0 Å². The summed E-state index contributed by atoms with van der Waals surface area (Å²) in [6.07, 6.45) is 0.456. The Balaban J connectivity index is 3.23. The van der Waals surface area contributed by atoms with Crippen molar-refractivity contribution in [3.63, 3.8) is 0 Å². The van der Waals surface area contributed by atoms with Crippen molar-refractivity contribution < 1.29 is 9.53 Å². The molecule has 0 N–H and O–H groups in total. The van der Waals surface area contributed by atoms with E-state index in [-0.39, 0.29) is 0 Å². The van der Waals surface area contributed by atoms with Gasteiger partial charge in [0.15, 0.2) is 0 Å². The lowest BCUT2D eigenvalue weighted by atomic mass is 10.2. The maximum absolute atomic E-state index is 10.7. The molecule has 0 aliphatic heterocycles. The summed E-state index contributed by atoms with van der Waals surface area (Å²) in [6.45, 7) is 6.99. The molecule has 3 heteroatoms. The molecule has 0 bridgehead atoms. The van der Waals surface area contributed by atoms with Crippen molar-refractivity contribution in [1.29, 1.82) is 0 Å². The van der Waals surface area contributed by atoms with Gasteiger partial charge in [-0.2, -0.15) is 0 Å². The van der Waals surface area contributed by atoms with Crippen LogP contribution in [0.1, 0.15) is 27.2 Å². The van der Waals surface area contributed by atoms with E-state index in [2.05, 4.69) is 5.32 Å². The normalized spacial score (nSPS) is 9.82. The van der Waals surface area contributed by atoms with E-state index < -0.39 is 6.09 Å². The molecule has 0 unspecified atom stereocenters. The fourth-order valence-corrected chi connectivity index (χ4v) is 0.487. The van der Waals surface area contributed by atoms with Gasteiger partial charge < -0.3 is 4.74 Å². The lowest BCUT2D eigenvalue weighted by Gasteiger charge is -2.05. The molecular weight excluding hydrogens is 142 g/mol. The molecule has 0 saturated carbocycles. The van der Waals surface area contributed by atoms with E-state index in [0.717, 1.165) is 6.42 Å². The minimum Gasteiger partial charge on any atom is -0.448 e. The number of hydrogen-bond donors (Lipinski definition) is 0. The van der Waals surface area contributed by atoms with Crippen LogP contribution in [0.5, 0.6) is 0 Å². The SMILES string of the molecule is CCC[N]C(=O)OCC(C)C. The number of ether oxygens (including phenoxy) is 1. The van der Waals surface area contributed by atoms with Gasteiger partial charge in [0.25, 0.3) is 0 Å². The minimum atomic E-state index is -0.430. The van der Waals surface area contributed by atoms with Crippen molar-refractivity contribution in [2.45, 2.75) is 27.2 Å². The summed E-state index contributed by atoms with van der Waals surface area (Å²) in [6, 6.07) is 0. The van der Waals surface area contributed by atoms with Crippen molar-refractivity contribution in [2.75, 3.05) is 13.2 Å². The fraction of sp³-hybridized carbons (Fsp3) is 0.875. The minimum absolute atomic E-state index is 0.385. The lowest BCUT2D eigenvalue weighted by Crippen LogP contribution is -2.19. The number of carbonyl (C=O) groups is 1. The van der Waals surface area contributed by atoms with Gasteiger partial charge in [-0.1, -0.05) is 20.8 Å². The Labute approximate surface area is 68.1 Å². The van der Waals surface area contributed by atoms with E-state index >= 15 is 0 Å². The van der Waals surface area contributed by atoms with Gasteiger partial charge in [0.2, 0.25) is 0 Å². The molecule has 0 atom stereocenters. The monoisotopic (exact) mass is 158 g/mol. The first kappa shape index (κ1) is 10.3. The van der Waals surface area contributed by atoms with Crippen LogP contribution in [0.15, 0.2) is 0 Å². The standard InChI is InChI=1S/C8H16NO2/c1-4-5-9-8(10)11-6-7(2)3/h7H,4-6H2,1-3H3. The molecule has 11 heavy (non-hydrogen) atoms. The van der Waals surface area contributed by atoms with Crippen molar-refractivity contribution in [2.24, 2.45) is 5.92 Å².